The van der Waals surface area contributed by atoms with Gasteiger partial charge in [0.1, 0.15) is 4.90 Å². The standard InChI is InChI=1S/C16H24N4O7S2/c1-28(23,24)18-6-4-13(5-7-18)17-15-3-2-14(20(21)22)12-16(15)29(25,26)19-8-10-27-11-9-19/h2-3,12-13,17H,4-11H2,1H3. The number of ether oxygens (including phenoxy) is 1. The summed E-state index contributed by atoms with van der Waals surface area (Å²) in [5.41, 5.74) is -0.0332. The molecule has 1 aromatic carbocycles. The molecule has 0 spiro atoms. The third-order valence-electron chi connectivity index (χ3n) is 5.05. The zero-order valence-corrected chi connectivity index (χ0v) is 17.6. The van der Waals surface area contributed by atoms with Crippen LogP contribution in [0.5, 0.6) is 0 Å². The van der Waals surface area contributed by atoms with Crippen LogP contribution in [0.25, 0.3) is 0 Å². The number of non-ortho nitro benzene ring substituents is 1. The molecule has 29 heavy (non-hydrogen) atoms. The molecular formula is C16H24N4O7S2. The number of nitrogens with one attached hydrogen (secondary N) is 1. The Morgan fingerprint density at radius 2 is 1.69 bits per heavy atom. The number of rotatable bonds is 6. The Kier molecular flexibility index (Phi) is 6.43. The van der Waals surface area contributed by atoms with Gasteiger partial charge in [-0.05, 0) is 18.9 Å². The third-order valence-corrected chi connectivity index (χ3v) is 8.29. The summed E-state index contributed by atoms with van der Waals surface area (Å²) in [6.07, 6.45) is 2.16. The Balaban J connectivity index is 1.86. The van der Waals surface area contributed by atoms with Gasteiger partial charge in [0, 0.05) is 44.4 Å². The third kappa shape index (κ3) is 5.04. The minimum absolute atomic E-state index is 0.145. The zero-order valence-electron chi connectivity index (χ0n) is 16.0. The second-order valence-corrected chi connectivity index (χ2v) is 10.9. The molecule has 0 saturated carbocycles. The fourth-order valence-electron chi connectivity index (χ4n) is 3.43. The number of anilines is 1. The molecule has 1 N–H and O–H groups in total. The first-order chi connectivity index (χ1) is 13.6. The Morgan fingerprint density at radius 1 is 1.07 bits per heavy atom. The quantitative estimate of drug-likeness (QED) is 0.489. The molecule has 0 aromatic heterocycles. The van der Waals surface area contributed by atoms with Crippen LogP contribution in [0.2, 0.25) is 0 Å². The maximum absolute atomic E-state index is 13.1. The number of benzene rings is 1. The number of nitro benzene ring substituents is 1. The van der Waals surface area contributed by atoms with Gasteiger partial charge in [0.2, 0.25) is 20.0 Å². The van der Waals surface area contributed by atoms with Crippen molar-refractivity contribution in [2.45, 2.75) is 23.8 Å². The lowest BCUT2D eigenvalue weighted by Gasteiger charge is -2.32. The second-order valence-electron chi connectivity index (χ2n) is 7.03. The predicted octanol–water partition coefficient (Wildman–Crippen LogP) is 0.452. The molecule has 0 atom stereocenters. The molecule has 2 fully saturated rings. The van der Waals surface area contributed by atoms with Gasteiger partial charge in [0.05, 0.1) is 30.1 Å². The van der Waals surface area contributed by atoms with E-state index in [9.17, 15) is 26.9 Å². The lowest BCUT2D eigenvalue weighted by atomic mass is 10.1. The van der Waals surface area contributed by atoms with Crippen molar-refractivity contribution in [2.24, 2.45) is 0 Å². The minimum Gasteiger partial charge on any atom is -0.381 e. The highest BCUT2D eigenvalue weighted by atomic mass is 32.2. The Bertz CT molecular complexity index is 967. The first-order valence-corrected chi connectivity index (χ1v) is 12.5. The van der Waals surface area contributed by atoms with Crippen molar-refractivity contribution in [3.8, 4) is 0 Å². The normalized spacial score (nSPS) is 20.4. The van der Waals surface area contributed by atoms with Crippen molar-refractivity contribution in [1.29, 1.82) is 0 Å². The van der Waals surface area contributed by atoms with Gasteiger partial charge < -0.3 is 10.1 Å². The van der Waals surface area contributed by atoms with E-state index in [2.05, 4.69) is 5.32 Å². The highest BCUT2D eigenvalue weighted by Gasteiger charge is 2.32. The number of piperidine rings is 1. The van der Waals surface area contributed by atoms with Gasteiger partial charge in [0.25, 0.3) is 5.69 Å². The number of hydrogen-bond donors (Lipinski definition) is 1. The molecule has 1 aromatic rings. The molecule has 2 saturated heterocycles. The molecule has 13 heteroatoms. The molecular weight excluding hydrogens is 424 g/mol. The van der Waals surface area contributed by atoms with Crippen molar-refractivity contribution in [3.05, 3.63) is 28.3 Å². The van der Waals surface area contributed by atoms with E-state index in [1.54, 1.807) is 0 Å². The molecule has 0 aliphatic carbocycles. The van der Waals surface area contributed by atoms with E-state index in [4.69, 9.17) is 4.74 Å². The average molecular weight is 449 g/mol. The van der Waals surface area contributed by atoms with Gasteiger partial charge in [-0.15, -0.1) is 0 Å². The summed E-state index contributed by atoms with van der Waals surface area (Å²) < 4.78 is 57.4. The average Bonchev–Trinajstić information content (AvgIpc) is 2.68. The monoisotopic (exact) mass is 448 g/mol. The highest BCUT2D eigenvalue weighted by Crippen LogP contribution is 2.31. The summed E-state index contributed by atoms with van der Waals surface area (Å²) in [7, 11) is -7.22. The summed E-state index contributed by atoms with van der Waals surface area (Å²) in [6, 6.07) is 3.58. The van der Waals surface area contributed by atoms with E-state index < -0.39 is 25.0 Å². The van der Waals surface area contributed by atoms with Crippen molar-refractivity contribution >= 4 is 31.4 Å². The van der Waals surface area contributed by atoms with Crippen molar-refractivity contribution in [1.82, 2.24) is 8.61 Å². The molecule has 11 nitrogen and oxygen atoms in total. The molecule has 0 bridgehead atoms. The topological polar surface area (TPSA) is 139 Å². The van der Waals surface area contributed by atoms with Gasteiger partial charge in [-0.1, -0.05) is 0 Å². The predicted molar refractivity (Wildman–Crippen MR) is 106 cm³/mol. The maximum Gasteiger partial charge on any atom is 0.270 e. The van der Waals surface area contributed by atoms with Crippen LogP contribution in [0, 0.1) is 10.1 Å². The van der Waals surface area contributed by atoms with Crippen molar-refractivity contribution in [3.63, 3.8) is 0 Å². The molecule has 162 valence electrons. The number of morpholine rings is 1. The van der Waals surface area contributed by atoms with E-state index >= 15 is 0 Å². The van der Waals surface area contributed by atoms with Gasteiger partial charge >= 0.3 is 0 Å². The summed E-state index contributed by atoms with van der Waals surface area (Å²) in [5.74, 6) is 0. The van der Waals surface area contributed by atoms with E-state index in [0.717, 1.165) is 12.3 Å². The van der Waals surface area contributed by atoms with Crippen LogP contribution >= 0.6 is 0 Å². The summed E-state index contributed by atoms with van der Waals surface area (Å²) >= 11 is 0. The molecule has 0 unspecified atom stereocenters. The zero-order chi connectivity index (χ0) is 21.2. The van der Waals surface area contributed by atoms with Gasteiger partial charge in [-0.25, -0.2) is 21.1 Å². The first-order valence-electron chi connectivity index (χ1n) is 9.17. The molecule has 2 aliphatic heterocycles. The van der Waals surface area contributed by atoms with Gasteiger partial charge in [0.15, 0.2) is 0 Å². The Hall–Kier alpha value is -1.80. The number of sulfonamides is 2. The van der Waals surface area contributed by atoms with E-state index in [1.165, 1.54) is 20.7 Å². The van der Waals surface area contributed by atoms with Crippen LogP contribution in [-0.4, -0.2) is 82.1 Å². The van der Waals surface area contributed by atoms with Crippen LogP contribution < -0.4 is 5.32 Å². The van der Waals surface area contributed by atoms with Crippen LogP contribution in [-0.2, 0) is 24.8 Å². The van der Waals surface area contributed by atoms with Gasteiger partial charge in [-0.2, -0.15) is 4.31 Å². The first kappa shape index (κ1) is 21.9. The van der Waals surface area contributed by atoms with Crippen molar-refractivity contribution in [2.75, 3.05) is 51.0 Å². The fourth-order valence-corrected chi connectivity index (χ4v) is 5.89. The van der Waals surface area contributed by atoms with E-state index in [-0.39, 0.29) is 48.6 Å². The van der Waals surface area contributed by atoms with Crippen LogP contribution in [0.15, 0.2) is 23.1 Å². The molecule has 3 rings (SSSR count). The Morgan fingerprint density at radius 3 is 2.24 bits per heavy atom. The molecule has 2 aliphatic rings. The molecule has 2 heterocycles. The van der Waals surface area contributed by atoms with E-state index in [0.29, 0.717) is 25.9 Å². The smallest absolute Gasteiger partial charge is 0.270 e. The van der Waals surface area contributed by atoms with Crippen LogP contribution in [0.1, 0.15) is 12.8 Å². The Labute approximate surface area is 169 Å². The summed E-state index contributed by atoms with van der Waals surface area (Å²) in [6.45, 7) is 1.54. The second kappa shape index (κ2) is 8.52. The lowest BCUT2D eigenvalue weighted by molar-refractivity contribution is -0.385. The molecule has 0 radical (unpaired) electrons. The SMILES string of the molecule is CS(=O)(=O)N1CCC(Nc2ccc([N+](=O)[O-])cc2S(=O)(=O)N2CCOCC2)CC1. The van der Waals surface area contributed by atoms with Crippen molar-refractivity contribution < 1.29 is 26.5 Å². The largest absolute Gasteiger partial charge is 0.381 e. The fraction of sp³-hybridized carbons (Fsp3) is 0.625. The minimum atomic E-state index is -3.95. The number of nitro groups is 1. The number of hydrogen-bond acceptors (Lipinski definition) is 8. The molecule has 0 amide bonds. The number of nitrogens with zero attached hydrogens (tertiary/aromatic N) is 3. The highest BCUT2D eigenvalue weighted by molar-refractivity contribution is 7.89. The van der Waals surface area contributed by atoms with Gasteiger partial charge in [-0.3, -0.25) is 10.1 Å². The van der Waals surface area contributed by atoms with Crippen LogP contribution in [0.4, 0.5) is 11.4 Å². The van der Waals surface area contributed by atoms with Crippen LogP contribution in [0.3, 0.4) is 0 Å². The summed E-state index contributed by atoms with van der Waals surface area (Å²) in [4.78, 5) is 10.4. The lowest BCUT2D eigenvalue weighted by Crippen LogP contribution is -2.42. The maximum atomic E-state index is 13.1. The van der Waals surface area contributed by atoms with E-state index in [1.807, 2.05) is 0 Å². The summed E-state index contributed by atoms with van der Waals surface area (Å²) in [5, 5.41) is 14.3.